The Morgan fingerprint density at radius 3 is 2.47 bits per heavy atom. The minimum Gasteiger partial charge on any atom is -0.271 e. The largest absolute Gasteiger partial charge is 0.271 e. The smallest absolute Gasteiger partial charge is 0.128 e. The molecule has 2 aromatic carbocycles. The fourth-order valence-corrected chi connectivity index (χ4v) is 3.11. The summed E-state index contributed by atoms with van der Waals surface area (Å²) in [7, 11) is 0. The molecule has 19 heavy (non-hydrogen) atoms. The van der Waals surface area contributed by atoms with Gasteiger partial charge in [0, 0.05) is 19.5 Å². The van der Waals surface area contributed by atoms with E-state index in [-0.39, 0.29) is 5.82 Å². The van der Waals surface area contributed by atoms with Crippen LogP contribution in [0.2, 0.25) is 5.02 Å². The molecule has 3 N–H and O–H groups in total. The molecule has 0 spiro atoms. The first kappa shape index (κ1) is 14.9. The van der Waals surface area contributed by atoms with E-state index in [1.165, 1.54) is 6.07 Å². The van der Waals surface area contributed by atoms with Gasteiger partial charge in [-0.15, -0.1) is 0 Å². The highest BCUT2D eigenvalue weighted by atomic mass is 79.9. The van der Waals surface area contributed by atoms with E-state index in [4.69, 9.17) is 17.4 Å². The van der Waals surface area contributed by atoms with Gasteiger partial charge in [-0.1, -0.05) is 43.5 Å². The van der Waals surface area contributed by atoms with Gasteiger partial charge in [0.2, 0.25) is 0 Å². The molecule has 2 rings (SSSR count). The summed E-state index contributed by atoms with van der Waals surface area (Å²) in [6.45, 7) is 0. The van der Waals surface area contributed by atoms with Crippen molar-refractivity contribution in [3.8, 4) is 0 Å². The highest BCUT2D eigenvalue weighted by Gasteiger charge is 2.18. The van der Waals surface area contributed by atoms with Crippen LogP contribution < -0.4 is 11.3 Å². The number of nitrogens with one attached hydrogen (secondary N) is 1. The first-order valence-corrected chi connectivity index (χ1v) is 7.34. The third kappa shape index (κ3) is 3.55. The SMILES string of the molecule is NNC(c1cc(Cl)cc(Br)c1)c1cc(Br)ccc1F. The van der Waals surface area contributed by atoms with Crippen LogP contribution in [-0.2, 0) is 0 Å². The Hall–Kier alpha value is -0.460. The maximum atomic E-state index is 13.9. The Labute approximate surface area is 132 Å². The molecule has 0 amide bonds. The molecule has 0 saturated heterocycles. The van der Waals surface area contributed by atoms with Crippen molar-refractivity contribution in [2.75, 3.05) is 0 Å². The van der Waals surface area contributed by atoms with Crippen molar-refractivity contribution < 1.29 is 4.39 Å². The van der Waals surface area contributed by atoms with Crippen LogP contribution in [-0.4, -0.2) is 0 Å². The second kappa shape index (κ2) is 6.33. The number of hydrazine groups is 1. The number of hydrogen-bond acceptors (Lipinski definition) is 2. The van der Waals surface area contributed by atoms with Crippen LogP contribution in [0.3, 0.4) is 0 Å². The summed E-state index contributed by atoms with van der Waals surface area (Å²) in [5, 5.41) is 0.556. The van der Waals surface area contributed by atoms with E-state index in [0.717, 1.165) is 14.5 Å². The van der Waals surface area contributed by atoms with Crippen LogP contribution in [0, 0.1) is 5.82 Å². The average Bonchev–Trinajstić information content (AvgIpc) is 2.33. The number of hydrogen-bond donors (Lipinski definition) is 2. The van der Waals surface area contributed by atoms with Gasteiger partial charge in [0.05, 0.1) is 6.04 Å². The summed E-state index contributed by atoms with van der Waals surface area (Å²) in [6, 6.07) is 9.59. The van der Waals surface area contributed by atoms with Crippen LogP contribution in [0.25, 0.3) is 0 Å². The van der Waals surface area contributed by atoms with E-state index in [1.807, 2.05) is 6.07 Å². The lowest BCUT2D eigenvalue weighted by Crippen LogP contribution is -2.29. The monoisotopic (exact) mass is 406 g/mol. The molecule has 100 valence electrons. The van der Waals surface area contributed by atoms with E-state index in [2.05, 4.69) is 37.3 Å². The Bertz CT molecular complexity index is 587. The fraction of sp³-hybridized carbons (Fsp3) is 0.0769. The van der Waals surface area contributed by atoms with Gasteiger partial charge in [-0.05, 0) is 42.0 Å². The molecule has 0 radical (unpaired) electrons. The predicted molar refractivity (Wildman–Crippen MR) is 82.4 cm³/mol. The van der Waals surface area contributed by atoms with Gasteiger partial charge in [-0.3, -0.25) is 5.84 Å². The van der Waals surface area contributed by atoms with Crippen molar-refractivity contribution in [2.45, 2.75) is 6.04 Å². The van der Waals surface area contributed by atoms with Gasteiger partial charge < -0.3 is 0 Å². The van der Waals surface area contributed by atoms with Crippen molar-refractivity contribution in [1.82, 2.24) is 5.43 Å². The molecule has 0 aliphatic heterocycles. The lowest BCUT2D eigenvalue weighted by molar-refractivity contribution is 0.559. The molecule has 2 nitrogen and oxygen atoms in total. The normalized spacial score (nSPS) is 12.5. The van der Waals surface area contributed by atoms with Crippen LogP contribution in [0.1, 0.15) is 17.2 Å². The van der Waals surface area contributed by atoms with Crippen LogP contribution >= 0.6 is 43.5 Å². The molecule has 0 fully saturated rings. The maximum absolute atomic E-state index is 13.9. The second-order valence-corrected chi connectivity index (χ2v) is 6.24. The van der Waals surface area contributed by atoms with Crippen molar-refractivity contribution in [1.29, 1.82) is 0 Å². The maximum Gasteiger partial charge on any atom is 0.128 e. The highest BCUT2D eigenvalue weighted by Crippen LogP contribution is 2.30. The van der Waals surface area contributed by atoms with E-state index in [9.17, 15) is 4.39 Å². The zero-order valence-electron chi connectivity index (χ0n) is 9.63. The van der Waals surface area contributed by atoms with E-state index >= 15 is 0 Å². The third-order valence-corrected chi connectivity index (χ3v) is 3.82. The Balaban J connectivity index is 2.52. The van der Waals surface area contributed by atoms with Gasteiger partial charge in [-0.2, -0.15) is 0 Å². The molecular formula is C13H10Br2ClFN2. The number of rotatable bonds is 3. The summed E-state index contributed by atoms with van der Waals surface area (Å²) in [6.07, 6.45) is 0. The number of halogens is 4. The molecule has 1 atom stereocenters. The molecule has 0 heterocycles. The van der Waals surface area contributed by atoms with Crippen molar-refractivity contribution in [2.24, 2.45) is 5.84 Å². The van der Waals surface area contributed by atoms with Crippen LogP contribution in [0.4, 0.5) is 4.39 Å². The summed E-state index contributed by atoms with van der Waals surface area (Å²) in [5.74, 6) is 5.23. The molecule has 0 saturated carbocycles. The fourth-order valence-electron chi connectivity index (χ4n) is 1.84. The second-order valence-electron chi connectivity index (χ2n) is 3.97. The quantitative estimate of drug-likeness (QED) is 0.577. The van der Waals surface area contributed by atoms with E-state index in [1.54, 1.807) is 24.3 Å². The first-order chi connectivity index (χ1) is 9.01. The summed E-state index contributed by atoms with van der Waals surface area (Å²) < 4.78 is 15.5. The zero-order chi connectivity index (χ0) is 14.0. The molecule has 0 aliphatic carbocycles. The lowest BCUT2D eigenvalue weighted by Gasteiger charge is -2.18. The minimum atomic E-state index is -0.479. The summed E-state index contributed by atoms with van der Waals surface area (Å²) in [5.41, 5.74) is 3.84. The lowest BCUT2D eigenvalue weighted by atomic mass is 9.99. The molecule has 0 aromatic heterocycles. The standard InChI is InChI=1S/C13H10Br2ClFN2/c14-8-1-2-12(17)11(6-8)13(19-18)7-3-9(15)5-10(16)4-7/h1-6,13,19H,18H2. The average molecular weight is 408 g/mol. The zero-order valence-corrected chi connectivity index (χ0v) is 13.6. The number of nitrogens with two attached hydrogens (primary N) is 1. The predicted octanol–water partition coefficient (Wildman–Crippen LogP) is 4.56. The highest BCUT2D eigenvalue weighted by molar-refractivity contribution is 9.10. The van der Waals surface area contributed by atoms with E-state index in [0.29, 0.717) is 10.6 Å². The molecule has 1 unspecified atom stereocenters. The van der Waals surface area contributed by atoms with Gasteiger partial charge in [0.25, 0.3) is 0 Å². The van der Waals surface area contributed by atoms with Gasteiger partial charge >= 0.3 is 0 Å². The Kier molecular flexibility index (Phi) is 4.97. The Morgan fingerprint density at radius 2 is 1.84 bits per heavy atom. The first-order valence-electron chi connectivity index (χ1n) is 5.38. The van der Waals surface area contributed by atoms with Gasteiger partial charge in [-0.25, -0.2) is 9.82 Å². The van der Waals surface area contributed by atoms with Crippen LogP contribution in [0.5, 0.6) is 0 Å². The summed E-state index contributed by atoms with van der Waals surface area (Å²) >= 11 is 12.7. The number of benzene rings is 2. The van der Waals surface area contributed by atoms with Gasteiger partial charge in [0.1, 0.15) is 5.82 Å². The molecule has 0 bridgehead atoms. The third-order valence-electron chi connectivity index (χ3n) is 2.65. The van der Waals surface area contributed by atoms with Crippen molar-refractivity contribution >= 4 is 43.5 Å². The molecule has 6 heteroatoms. The van der Waals surface area contributed by atoms with Crippen molar-refractivity contribution in [3.05, 3.63) is 67.3 Å². The minimum absolute atomic E-state index is 0.331. The van der Waals surface area contributed by atoms with Crippen LogP contribution in [0.15, 0.2) is 45.3 Å². The molecule has 0 aliphatic rings. The molecular weight excluding hydrogens is 398 g/mol. The van der Waals surface area contributed by atoms with Crippen molar-refractivity contribution in [3.63, 3.8) is 0 Å². The molecule has 2 aromatic rings. The summed E-state index contributed by atoms with van der Waals surface area (Å²) in [4.78, 5) is 0. The van der Waals surface area contributed by atoms with E-state index < -0.39 is 6.04 Å². The Morgan fingerprint density at radius 1 is 1.11 bits per heavy atom. The van der Waals surface area contributed by atoms with Gasteiger partial charge in [0.15, 0.2) is 0 Å². The topological polar surface area (TPSA) is 38.0 Å².